The molecule has 0 aromatic heterocycles. The Morgan fingerprint density at radius 3 is 2.52 bits per heavy atom. The van der Waals surface area contributed by atoms with E-state index in [9.17, 15) is 29.3 Å². The normalized spacial score (nSPS) is 12.5. The molecule has 10 heteroatoms. The standard InChI is InChI=1S/C19H15N3O7/c1-29-19(26)11-5-2-3-7-13(11)20-15(23)9-10-21-17(24)12-6-4-8-14(22(27)28)16(12)18(21)25/h2-8H,9-10H2,1H3,(H,20,23). The second-order valence-corrected chi connectivity index (χ2v) is 6.05. The first-order chi connectivity index (χ1) is 13.8. The van der Waals surface area contributed by atoms with Crippen LogP contribution < -0.4 is 5.32 Å². The van der Waals surface area contributed by atoms with Crippen molar-refractivity contribution in [2.24, 2.45) is 0 Å². The summed E-state index contributed by atoms with van der Waals surface area (Å²) in [5.41, 5.74) is -0.429. The number of imide groups is 1. The second kappa shape index (κ2) is 7.89. The molecule has 1 N–H and O–H groups in total. The molecule has 148 valence electrons. The molecule has 2 aromatic rings. The molecule has 29 heavy (non-hydrogen) atoms. The number of rotatable bonds is 6. The van der Waals surface area contributed by atoms with E-state index in [4.69, 9.17) is 0 Å². The lowest BCUT2D eigenvalue weighted by molar-refractivity contribution is -0.385. The van der Waals surface area contributed by atoms with Crippen LogP contribution >= 0.6 is 0 Å². The molecule has 10 nitrogen and oxygen atoms in total. The molecular formula is C19H15N3O7. The van der Waals surface area contributed by atoms with Crippen LogP contribution in [0, 0.1) is 10.1 Å². The number of fused-ring (bicyclic) bond motifs is 1. The van der Waals surface area contributed by atoms with Crippen LogP contribution in [0.1, 0.15) is 37.5 Å². The lowest BCUT2D eigenvalue weighted by Crippen LogP contribution is -2.33. The Balaban J connectivity index is 1.71. The van der Waals surface area contributed by atoms with Crippen molar-refractivity contribution in [3.63, 3.8) is 0 Å². The fourth-order valence-electron chi connectivity index (χ4n) is 2.98. The summed E-state index contributed by atoms with van der Waals surface area (Å²) < 4.78 is 4.65. The van der Waals surface area contributed by atoms with Gasteiger partial charge in [0, 0.05) is 19.0 Å². The van der Waals surface area contributed by atoms with Gasteiger partial charge in [-0.3, -0.25) is 29.4 Å². The van der Waals surface area contributed by atoms with E-state index in [0.29, 0.717) is 0 Å². The molecule has 0 saturated carbocycles. The molecule has 0 fully saturated rings. The van der Waals surface area contributed by atoms with Gasteiger partial charge in [-0.1, -0.05) is 18.2 Å². The lowest BCUT2D eigenvalue weighted by Gasteiger charge is -2.14. The number of benzene rings is 2. The molecule has 0 aliphatic carbocycles. The summed E-state index contributed by atoms with van der Waals surface area (Å²) in [6.07, 6.45) is -0.255. The monoisotopic (exact) mass is 397 g/mol. The molecule has 3 rings (SSSR count). The zero-order valence-electron chi connectivity index (χ0n) is 15.2. The molecule has 0 spiro atoms. The van der Waals surface area contributed by atoms with Crippen molar-refractivity contribution < 1.29 is 28.8 Å². The summed E-state index contributed by atoms with van der Waals surface area (Å²) in [5.74, 6) is -2.70. The predicted molar refractivity (Wildman–Crippen MR) is 99.5 cm³/mol. The SMILES string of the molecule is COC(=O)c1ccccc1NC(=O)CCN1C(=O)c2cccc([N+](=O)[O-])c2C1=O. The molecule has 0 unspecified atom stereocenters. The Labute approximate surface area is 164 Å². The number of para-hydroxylation sites is 1. The van der Waals surface area contributed by atoms with E-state index in [1.54, 1.807) is 12.1 Å². The highest BCUT2D eigenvalue weighted by Gasteiger charge is 2.40. The van der Waals surface area contributed by atoms with Crippen molar-refractivity contribution in [3.05, 3.63) is 69.3 Å². The van der Waals surface area contributed by atoms with Gasteiger partial charge in [0.2, 0.25) is 5.91 Å². The van der Waals surface area contributed by atoms with Crippen LogP contribution in [0.2, 0.25) is 0 Å². The number of methoxy groups -OCH3 is 1. The maximum atomic E-state index is 12.5. The zero-order chi connectivity index (χ0) is 21.1. The molecular weight excluding hydrogens is 382 g/mol. The highest BCUT2D eigenvalue weighted by molar-refractivity contribution is 6.23. The summed E-state index contributed by atoms with van der Waals surface area (Å²) >= 11 is 0. The molecule has 1 aliphatic heterocycles. The number of carbonyl (C=O) groups excluding carboxylic acids is 4. The average Bonchev–Trinajstić information content (AvgIpc) is 2.96. The number of ether oxygens (including phenoxy) is 1. The Kier molecular flexibility index (Phi) is 5.35. The minimum Gasteiger partial charge on any atom is -0.465 e. The summed E-state index contributed by atoms with van der Waals surface area (Å²) in [7, 11) is 1.21. The van der Waals surface area contributed by atoms with Crippen molar-refractivity contribution in [1.29, 1.82) is 0 Å². The van der Waals surface area contributed by atoms with Crippen LogP contribution in [0.25, 0.3) is 0 Å². The van der Waals surface area contributed by atoms with Crippen LogP contribution in [-0.2, 0) is 9.53 Å². The van der Waals surface area contributed by atoms with Gasteiger partial charge >= 0.3 is 5.97 Å². The molecule has 2 aromatic carbocycles. The van der Waals surface area contributed by atoms with E-state index in [-0.39, 0.29) is 35.3 Å². The lowest BCUT2D eigenvalue weighted by atomic mass is 10.1. The van der Waals surface area contributed by atoms with Gasteiger partial charge in [-0.05, 0) is 18.2 Å². The number of nitrogens with zero attached hydrogens (tertiary/aromatic N) is 2. The zero-order valence-corrected chi connectivity index (χ0v) is 15.2. The minimum absolute atomic E-state index is 0.0688. The van der Waals surface area contributed by atoms with Gasteiger partial charge in [0.25, 0.3) is 17.5 Å². The molecule has 0 bridgehead atoms. The number of amides is 3. The van der Waals surface area contributed by atoms with Gasteiger partial charge in [-0.25, -0.2) is 4.79 Å². The van der Waals surface area contributed by atoms with E-state index < -0.39 is 34.3 Å². The van der Waals surface area contributed by atoms with Crippen molar-refractivity contribution >= 4 is 35.1 Å². The molecule has 0 radical (unpaired) electrons. The van der Waals surface area contributed by atoms with Crippen LogP contribution in [-0.4, -0.2) is 47.2 Å². The average molecular weight is 397 g/mol. The number of nitro benzene ring substituents is 1. The van der Waals surface area contributed by atoms with Crippen molar-refractivity contribution in [1.82, 2.24) is 4.90 Å². The third-order valence-corrected chi connectivity index (χ3v) is 4.34. The number of hydrogen-bond donors (Lipinski definition) is 1. The maximum absolute atomic E-state index is 12.5. The van der Waals surface area contributed by atoms with Crippen molar-refractivity contribution in [3.8, 4) is 0 Å². The number of carbonyl (C=O) groups is 4. The number of nitro groups is 1. The smallest absolute Gasteiger partial charge is 0.339 e. The van der Waals surface area contributed by atoms with Gasteiger partial charge in [-0.2, -0.15) is 0 Å². The number of hydrogen-bond acceptors (Lipinski definition) is 7. The van der Waals surface area contributed by atoms with Crippen LogP contribution in [0.3, 0.4) is 0 Å². The first kappa shape index (κ1) is 19.7. The minimum atomic E-state index is -0.819. The quantitative estimate of drug-likeness (QED) is 0.341. The van der Waals surface area contributed by atoms with E-state index >= 15 is 0 Å². The first-order valence-electron chi connectivity index (χ1n) is 8.46. The summed E-state index contributed by atoms with van der Waals surface area (Å²) in [6.45, 7) is -0.268. The fourth-order valence-corrected chi connectivity index (χ4v) is 2.98. The highest BCUT2D eigenvalue weighted by Crippen LogP contribution is 2.30. The van der Waals surface area contributed by atoms with Crippen molar-refractivity contribution in [2.75, 3.05) is 19.0 Å². The van der Waals surface area contributed by atoms with Crippen LogP contribution in [0.5, 0.6) is 0 Å². The Bertz CT molecular complexity index is 1050. The van der Waals surface area contributed by atoms with E-state index in [1.165, 1.54) is 31.4 Å². The topological polar surface area (TPSA) is 136 Å². The van der Waals surface area contributed by atoms with E-state index in [2.05, 4.69) is 10.1 Å². The third-order valence-electron chi connectivity index (χ3n) is 4.34. The Morgan fingerprint density at radius 2 is 1.83 bits per heavy atom. The summed E-state index contributed by atoms with van der Waals surface area (Å²) in [5, 5.41) is 13.7. The highest BCUT2D eigenvalue weighted by atomic mass is 16.6. The van der Waals surface area contributed by atoms with Gasteiger partial charge < -0.3 is 10.1 Å². The predicted octanol–water partition coefficient (Wildman–Crippen LogP) is 2.01. The van der Waals surface area contributed by atoms with Gasteiger partial charge in [-0.15, -0.1) is 0 Å². The molecule has 3 amide bonds. The molecule has 1 aliphatic rings. The third kappa shape index (κ3) is 3.68. The summed E-state index contributed by atoms with van der Waals surface area (Å²) in [6, 6.07) is 10.0. The van der Waals surface area contributed by atoms with Crippen molar-refractivity contribution in [2.45, 2.75) is 6.42 Å². The molecule has 0 atom stereocenters. The van der Waals surface area contributed by atoms with Gasteiger partial charge in [0.15, 0.2) is 0 Å². The fraction of sp³-hybridized carbons (Fsp3) is 0.158. The largest absolute Gasteiger partial charge is 0.465 e. The second-order valence-electron chi connectivity index (χ2n) is 6.05. The molecule has 1 heterocycles. The first-order valence-corrected chi connectivity index (χ1v) is 8.46. The van der Waals surface area contributed by atoms with E-state index in [0.717, 1.165) is 11.0 Å². The number of anilines is 1. The van der Waals surface area contributed by atoms with Crippen LogP contribution in [0.4, 0.5) is 11.4 Å². The Hall–Kier alpha value is -4.08. The van der Waals surface area contributed by atoms with Gasteiger partial charge in [0.1, 0.15) is 5.56 Å². The maximum Gasteiger partial charge on any atom is 0.339 e. The van der Waals surface area contributed by atoms with E-state index in [1.807, 2.05) is 0 Å². The molecule has 0 saturated heterocycles. The van der Waals surface area contributed by atoms with Crippen LogP contribution in [0.15, 0.2) is 42.5 Å². The van der Waals surface area contributed by atoms with Gasteiger partial charge in [0.05, 0.1) is 28.8 Å². The number of nitrogens with one attached hydrogen (secondary N) is 1. The Morgan fingerprint density at radius 1 is 1.10 bits per heavy atom. The number of esters is 1. The summed E-state index contributed by atoms with van der Waals surface area (Å²) in [4.78, 5) is 60.1.